The fraction of sp³-hybridized carbons (Fsp3) is 0.161. The number of ether oxygens (including phenoxy) is 4. The maximum Gasteiger partial charge on any atom is 0.230 e. The number of aromatic nitrogens is 6. The third-order valence-corrected chi connectivity index (χ3v) is 7.31. The number of hydrogen-bond donors (Lipinski definition) is 0. The van der Waals surface area contributed by atoms with E-state index in [1.165, 1.54) is 0 Å². The van der Waals surface area contributed by atoms with Crippen molar-refractivity contribution in [3.05, 3.63) is 102 Å². The monoisotopic (exact) mass is 546 g/mol. The lowest BCUT2D eigenvalue weighted by molar-refractivity contribution is 0.354. The van der Waals surface area contributed by atoms with E-state index in [9.17, 15) is 0 Å². The number of nitrogens with zero attached hydrogens (tertiary/aromatic N) is 6. The summed E-state index contributed by atoms with van der Waals surface area (Å²) < 4.78 is 26.6. The Morgan fingerprint density at radius 1 is 0.805 bits per heavy atom. The lowest BCUT2D eigenvalue weighted by atomic mass is 9.84. The van der Waals surface area contributed by atoms with Crippen molar-refractivity contribution in [1.82, 2.24) is 29.4 Å². The molecule has 0 radical (unpaired) electrons. The molecule has 0 unspecified atom stereocenters. The van der Waals surface area contributed by atoms with Gasteiger partial charge in [0.15, 0.2) is 23.0 Å². The summed E-state index contributed by atoms with van der Waals surface area (Å²) in [5, 5.41) is 9.65. The van der Waals surface area contributed by atoms with Crippen molar-refractivity contribution in [2.45, 2.75) is 12.8 Å². The summed E-state index contributed by atoms with van der Waals surface area (Å²) in [7, 11) is 4.89. The van der Waals surface area contributed by atoms with E-state index in [4.69, 9.17) is 39.1 Å². The van der Waals surface area contributed by atoms with E-state index < -0.39 is 0 Å². The first-order valence-corrected chi connectivity index (χ1v) is 13.0. The first-order valence-electron chi connectivity index (χ1n) is 13.0. The molecule has 0 amide bonds. The average Bonchev–Trinajstić information content (AvgIpc) is 3.61. The highest BCUT2D eigenvalue weighted by molar-refractivity contribution is 5.69. The number of methoxy groups -OCH3 is 3. The van der Waals surface area contributed by atoms with Gasteiger partial charge < -0.3 is 18.9 Å². The SMILES string of the molecule is COc1ccc(-c2nc3c4c(ncn3n2)Oc2c(c(C)nn2-c2ccccc2)[C@@H]4c2ccc(OC)c(OC)c2)cc1. The van der Waals surface area contributed by atoms with Crippen LogP contribution in [0.15, 0.2) is 79.1 Å². The Morgan fingerprint density at radius 2 is 1.59 bits per heavy atom. The number of aryl methyl sites for hydroxylation is 1. The molecule has 1 aliphatic heterocycles. The van der Waals surface area contributed by atoms with Gasteiger partial charge in [-0.2, -0.15) is 5.10 Å². The largest absolute Gasteiger partial charge is 0.497 e. The van der Waals surface area contributed by atoms with Gasteiger partial charge >= 0.3 is 0 Å². The fourth-order valence-electron chi connectivity index (χ4n) is 5.35. The Labute approximate surface area is 235 Å². The van der Waals surface area contributed by atoms with Crippen molar-refractivity contribution in [3.8, 4) is 46.1 Å². The smallest absolute Gasteiger partial charge is 0.230 e. The van der Waals surface area contributed by atoms with Gasteiger partial charge in [-0.05, 0) is 61.0 Å². The van der Waals surface area contributed by atoms with Gasteiger partial charge in [-0.3, -0.25) is 0 Å². The zero-order valence-corrected chi connectivity index (χ0v) is 22.9. The molecule has 1 aliphatic rings. The van der Waals surface area contributed by atoms with Crippen LogP contribution in [0.1, 0.15) is 28.3 Å². The molecule has 0 aliphatic carbocycles. The zero-order chi connectivity index (χ0) is 28.1. The molecule has 0 spiro atoms. The third kappa shape index (κ3) is 3.95. The van der Waals surface area contributed by atoms with Crippen molar-refractivity contribution < 1.29 is 18.9 Å². The summed E-state index contributed by atoms with van der Waals surface area (Å²) in [6, 6.07) is 23.4. The van der Waals surface area contributed by atoms with Gasteiger partial charge in [-0.15, -0.1) is 5.10 Å². The van der Waals surface area contributed by atoms with Crippen LogP contribution in [0.5, 0.6) is 29.0 Å². The fourth-order valence-corrected chi connectivity index (χ4v) is 5.35. The number of hydrogen-bond acceptors (Lipinski definition) is 8. The van der Waals surface area contributed by atoms with Crippen LogP contribution in [-0.4, -0.2) is 50.7 Å². The van der Waals surface area contributed by atoms with Crippen molar-refractivity contribution in [3.63, 3.8) is 0 Å². The van der Waals surface area contributed by atoms with Crippen LogP contribution in [-0.2, 0) is 0 Å². The van der Waals surface area contributed by atoms with E-state index >= 15 is 0 Å². The van der Waals surface area contributed by atoms with Gasteiger partial charge in [0.25, 0.3) is 0 Å². The molecular weight excluding hydrogens is 520 g/mol. The first kappa shape index (κ1) is 24.6. The summed E-state index contributed by atoms with van der Waals surface area (Å²) in [4.78, 5) is 9.68. The van der Waals surface area contributed by atoms with E-state index in [2.05, 4.69) is 0 Å². The predicted molar refractivity (Wildman–Crippen MR) is 152 cm³/mol. The van der Waals surface area contributed by atoms with Crippen molar-refractivity contribution in [2.75, 3.05) is 21.3 Å². The Hall–Kier alpha value is -5.38. The lowest BCUT2D eigenvalue weighted by Gasteiger charge is -2.26. The molecule has 0 N–H and O–H groups in total. The number of para-hydroxylation sites is 1. The van der Waals surface area contributed by atoms with E-state index in [0.717, 1.165) is 39.4 Å². The summed E-state index contributed by atoms with van der Waals surface area (Å²) in [6.07, 6.45) is 1.63. The topological polar surface area (TPSA) is 97.8 Å². The summed E-state index contributed by atoms with van der Waals surface area (Å²) >= 11 is 0. The average molecular weight is 547 g/mol. The number of benzene rings is 3. The molecule has 4 heterocycles. The standard InChI is InChI=1S/C31H26N6O4/c1-18-25-26(20-12-15-23(39-3)24(16-20)40-4)27-29-33-28(19-10-13-22(38-2)14-11-19)35-36(29)17-32-30(27)41-31(25)37(34-18)21-8-6-5-7-9-21/h5-17,26H,1-4H3/t26-/m0/s1. The van der Waals surface area contributed by atoms with Gasteiger partial charge in [0.2, 0.25) is 11.8 Å². The Bertz CT molecular complexity index is 1900. The van der Waals surface area contributed by atoms with E-state index in [1.807, 2.05) is 84.4 Å². The van der Waals surface area contributed by atoms with E-state index in [0.29, 0.717) is 34.7 Å². The van der Waals surface area contributed by atoms with Gasteiger partial charge in [-0.25, -0.2) is 19.2 Å². The number of fused-ring (bicyclic) bond motifs is 4. The molecule has 0 fully saturated rings. The van der Waals surface area contributed by atoms with Crippen molar-refractivity contribution in [2.24, 2.45) is 0 Å². The van der Waals surface area contributed by atoms with E-state index in [1.54, 1.807) is 32.2 Å². The minimum absolute atomic E-state index is 0.324. The van der Waals surface area contributed by atoms with Crippen LogP contribution in [0.25, 0.3) is 22.7 Å². The molecule has 0 bridgehead atoms. The minimum Gasteiger partial charge on any atom is -0.497 e. The molecule has 204 valence electrons. The van der Waals surface area contributed by atoms with Crippen LogP contribution in [0, 0.1) is 6.92 Å². The first-order chi connectivity index (χ1) is 20.1. The van der Waals surface area contributed by atoms with Crippen LogP contribution in [0.3, 0.4) is 0 Å². The molecular formula is C31H26N6O4. The van der Waals surface area contributed by atoms with E-state index in [-0.39, 0.29) is 5.92 Å². The summed E-state index contributed by atoms with van der Waals surface area (Å²) in [5.41, 5.74) is 5.86. The minimum atomic E-state index is -0.324. The van der Waals surface area contributed by atoms with Crippen LogP contribution < -0.4 is 18.9 Å². The maximum atomic E-state index is 6.53. The van der Waals surface area contributed by atoms with Crippen molar-refractivity contribution >= 4 is 5.65 Å². The lowest BCUT2D eigenvalue weighted by Crippen LogP contribution is -2.16. The zero-order valence-electron chi connectivity index (χ0n) is 22.9. The van der Waals surface area contributed by atoms with Crippen LogP contribution >= 0.6 is 0 Å². The predicted octanol–water partition coefficient (Wildman–Crippen LogP) is 5.60. The van der Waals surface area contributed by atoms with Gasteiger partial charge in [0.1, 0.15) is 12.1 Å². The second-order valence-corrected chi connectivity index (χ2v) is 9.60. The molecule has 0 saturated carbocycles. The summed E-state index contributed by atoms with van der Waals surface area (Å²) in [5.74, 6) is 3.31. The van der Waals surface area contributed by atoms with Gasteiger partial charge in [0.05, 0.1) is 49.8 Å². The molecule has 3 aromatic heterocycles. The molecule has 1 atom stereocenters. The van der Waals surface area contributed by atoms with Gasteiger partial charge in [0, 0.05) is 5.56 Å². The van der Waals surface area contributed by atoms with Crippen LogP contribution in [0.4, 0.5) is 0 Å². The highest BCUT2D eigenvalue weighted by Gasteiger charge is 2.38. The highest BCUT2D eigenvalue weighted by Crippen LogP contribution is 2.50. The van der Waals surface area contributed by atoms with Crippen LogP contribution in [0.2, 0.25) is 0 Å². The maximum absolute atomic E-state index is 6.53. The normalized spacial score (nSPS) is 13.8. The molecule has 3 aromatic carbocycles. The second-order valence-electron chi connectivity index (χ2n) is 9.60. The van der Waals surface area contributed by atoms with Gasteiger partial charge in [-0.1, -0.05) is 24.3 Å². The molecule has 0 saturated heterocycles. The number of rotatable bonds is 6. The molecule has 7 rings (SSSR count). The Kier molecular flexibility index (Phi) is 5.81. The Morgan fingerprint density at radius 3 is 2.32 bits per heavy atom. The molecule has 10 nitrogen and oxygen atoms in total. The quantitative estimate of drug-likeness (QED) is 0.266. The molecule has 41 heavy (non-hydrogen) atoms. The van der Waals surface area contributed by atoms with Crippen molar-refractivity contribution in [1.29, 1.82) is 0 Å². The molecule has 6 aromatic rings. The molecule has 10 heteroatoms. The Balaban J connectivity index is 1.47. The highest BCUT2D eigenvalue weighted by atomic mass is 16.5. The second kappa shape index (κ2) is 9.67. The third-order valence-electron chi connectivity index (χ3n) is 7.31. The summed E-state index contributed by atoms with van der Waals surface area (Å²) in [6.45, 7) is 1.99.